The summed E-state index contributed by atoms with van der Waals surface area (Å²) in [6, 6.07) is 8.14. The van der Waals surface area contributed by atoms with E-state index in [1.807, 2.05) is 12.1 Å². The minimum Gasteiger partial charge on any atom is -0.481 e. The molecule has 0 atom stereocenters. The molecule has 1 N–H and O–H groups in total. The average molecular weight is 247 g/mol. The first kappa shape index (κ1) is 13.1. The van der Waals surface area contributed by atoms with Crippen LogP contribution in [0.4, 0.5) is 0 Å². The molecule has 1 aliphatic rings. The minimum atomic E-state index is -0.671. The van der Waals surface area contributed by atoms with Gasteiger partial charge in [-0.1, -0.05) is 30.7 Å². The third-order valence-electron chi connectivity index (χ3n) is 3.97. The topological polar surface area (TPSA) is 40.5 Å². The summed E-state index contributed by atoms with van der Waals surface area (Å²) in [6.45, 7) is 1.02. The molecule has 0 amide bonds. The zero-order chi connectivity index (χ0) is 13.2. The lowest BCUT2D eigenvalue weighted by Crippen LogP contribution is -2.42. The van der Waals surface area contributed by atoms with Crippen LogP contribution >= 0.6 is 0 Å². The Labute approximate surface area is 108 Å². The van der Waals surface area contributed by atoms with Crippen molar-refractivity contribution < 1.29 is 9.90 Å². The Bertz CT molecular complexity index is 419. The van der Waals surface area contributed by atoms with Crippen molar-refractivity contribution in [1.29, 1.82) is 0 Å². The van der Waals surface area contributed by atoms with Crippen LogP contribution in [0.25, 0.3) is 0 Å². The van der Waals surface area contributed by atoms with Gasteiger partial charge in [-0.15, -0.1) is 0 Å². The highest BCUT2D eigenvalue weighted by molar-refractivity contribution is 5.82. The SMILES string of the molecule is CN(C)CCc1ccc(C2(C(=O)O)CCC2)cc1. The van der Waals surface area contributed by atoms with Gasteiger partial charge >= 0.3 is 5.97 Å². The van der Waals surface area contributed by atoms with Crippen molar-refractivity contribution in [2.75, 3.05) is 20.6 Å². The third kappa shape index (κ3) is 2.41. The Morgan fingerprint density at radius 2 is 1.89 bits per heavy atom. The van der Waals surface area contributed by atoms with Crippen LogP contribution in [0.15, 0.2) is 24.3 Å². The third-order valence-corrected chi connectivity index (χ3v) is 3.97. The Hall–Kier alpha value is -1.35. The van der Waals surface area contributed by atoms with Gasteiger partial charge in [0.05, 0.1) is 5.41 Å². The molecule has 0 aromatic heterocycles. The van der Waals surface area contributed by atoms with Gasteiger partial charge in [-0.2, -0.15) is 0 Å². The van der Waals surface area contributed by atoms with Crippen molar-refractivity contribution in [3.8, 4) is 0 Å². The van der Waals surface area contributed by atoms with Crippen molar-refractivity contribution in [3.05, 3.63) is 35.4 Å². The van der Waals surface area contributed by atoms with Crippen molar-refractivity contribution in [2.45, 2.75) is 31.1 Å². The molecule has 1 aromatic rings. The van der Waals surface area contributed by atoms with Crippen LogP contribution in [0.2, 0.25) is 0 Å². The van der Waals surface area contributed by atoms with Crippen molar-refractivity contribution >= 4 is 5.97 Å². The predicted molar refractivity (Wildman–Crippen MR) is 71.9 cm³/mol. The summed E-state index contributed by atoms with van der Waals surface area (Å²) >= 11 is 0. The lowest BCUT2D eigenvalue weighted by Gasteiger charge is -2.38. The van der Waals surface area contributed by atoms with Gasteiger partial charge in [0, 0.05) is 6.54 Å². The second kappa shape index (κ2) is 5.11. The molecule has 0 unspecified atom stereocenters. The first-order chi connectivity index (χ1) is 8.54. The van der Waals surface area contributed by atoms with E-state index in [9.17, 15) is 9.90 Å². The molecule has 1 aliphatic carbocycles. The number of aliphatic carboxylic acids is 1. The summed E-state index contributed by atoms with van der Waals surface area (Å²) in [7, 11) is 4.12. The number of rotatable bonds is 5. The van der Waals surface area contributed by atoms with E-state index in [0.717, 1.165) is 37.8 Å². The molecule has 18 heavy (non-hydrogen) atoms. The van der Waals surface area contributed by atoms with E-state index in [1.165, 1.54) is 5.56 Å². The van der Waals surface area contributed by atoms with Crippen LogP contribution in [0.5, 0.6) is 0 Å². The summed E-state index contributed by atoms with van der Waals surface area (Å²) in [5, 5.41) is 9.38. The van der Waals surface area contributed by atoms with E-state index in [1.54, 1.807) is 0 Å². The summed E-state index contributed by atoms with van der Waals surface area (Å²) in [4.78, 5) is 13.5. The van der Waals surface area contributed by atoms with Gasteiger partial charge in [-0.25, -0.2) is 0 Å². The first-order valence-electron chi connectivity index (χ1n) is 6.52. The Kier molecular flexibility index (Phi) is 3.71. The number of nitrogens with zero attached hydrogens (tertiary/aromatic N) is 1. The van der Waals surface area contributed by atoms with Crippen LogP contribution in [-0.2, 0) is 16.6 Å². The van der Waals surface area contributed by atoms with Gasteiger partial charge in [0.25, 0.3) is 0 Å². The molecule has 1 aromatic carbocycles. The van der Waals surface area contributed by atoms with Gasteiger partial charge in [0.15, 0.2) is 0 Å². The van der Waals surface area contributed by atoms with Crippen LogP contribution < -0.4 is 0 Å². The second-order valence-corrected chi connectivity index (χ2v) is 5.49. The first-order valence-corrected chi connectivity index (χ1v) is 6.52. The highest BCUT2D eigenvalue weighted by Crippen LogP contribution is 2.43. The molecule has 0 spiro atoms. The molecule has 3 heteroatoms. The summed E-state index contributed by atoms with van der Waals surface area (Å²) in [6.07, 6.45) is 3.58. The maximum absolute atomic E-state index is 11.4. The average Bonchev–Trinajstić information content (AvgIpc) is 2.26. The Morgan fingerprint density at radius 1 is 1.28 bits per heavy atom. The van der Waals surface area contributed by atoms with Crippen molar-refractivity contribution in [3.63, 3.8) is 0 Å². The number of likely N-dealkylation sites (N-methyl/N-ethyl adjacent to an activating group) is 1. The van der Waals surface area contributed by atoms with E-state index in [0.29, 0.717) is 0 Å². The van der Waals surface area contributed by atoms with E-state index < -0.39 is 11.4 Å². The quantitative estimate of drug-likeness (QED) is 0.868. The van der Waals surface area contributed by atoms with Gasteiger partial charge in [-0.05, 0) is 44.5 Å². The molecular weight excluding hydrogens is 226 g/mol. The number of hydrogen-bond donors (Lipinski definition) is 1. The highest BCUT2D eigenvalue weighted by Gasteiger charge is 2.45. The molecule has 0 bridgehead atoms. The zero-order valence-electron chi connectivity index (χ0n) is 11.1. The number of hydrogen-bond acceptors (Lipinski definition) is 2. The zero-order valence-corrected chi connectivity index (χ0v) is 11.1. The minimum absolute atomic E-state index is 0.597. The molecule has 0 aliphatic heterocycles. The smallest absolute Gasteiger partial charge is 0.314 e. The second-order valence-electron chi connectivity index (χ2n) is 5.49. The molecule has 0 saturated heterocycles. The standard InChI is InChI=1S/C15H21NO2/c1-16(2)11-8-12-4-6-13(7-5-12)15(14(17)18)9-3-10-15/h4-7H,3,8-11H2,1-2H3,(H,17,18). The fraction of sp³-hybridized carbons (Fsp3) is 0.533. The van der Waals surface area contributed by atoms with Crippen molar-refractivity contribution in [2.24, 2.45) is 0 Å². The van der Waals surface area contributed by atoms with Crippen LogP contribution in [-0.4, -0.2) is 36.6 Å². The van der Waals surface area contributed by atoms with E-state index >= 15 is 0 Å². The van der Waals surface area contributed by atoms with E-state index in [2.05, 4.69) is 31.1 Å². The fourth-order valence-electron chi connectivity index (χ4n) is 2.50. The lowest BCUT2D eigenvalue weighted by molar-refractivity contribution is -0.147. The molecule has 1 saturated carbocycles. The maximum atomic E-state index is 11.4. The number of carbonyl (C=O) groups is 1. The van der Waals surface area contributed by atoms with E-state index in [-0.39, 0.29) is 0 Å². The summed E-state index contributed by atoms with van der Waals surface area (Å²) in [5.41, 5.74) is 1.64. The number of carboxylic acids is 1. The molecular formula is C15H21NO2. The van der Waals surface area contributed by atoms with Crippen molar-refractivity contribution in [1.82, 2.24) is 4.90 Å². The highest BCUT2D eigenvalue weighted by atomic mass is 16.4. The van der Waals surface area contributed by atoms with Gasteiger partial charge in [-0.3, -0.25) is 4.79 Å². The van der Waals surface area contributed by atoms with Gasteiger partial charge in [0.1, 0.15) is 0 Å². The number of carboxylic acid groups (broad SMARTS) is 1. The fourth-order valence-corrected chi connectivity index (χ4v) is 2.50. The molecule has 3 nitrogen and oxygen atoms in total. The molecule has 2 rings (SSSR count). The van der Waals surface area contributed by atoms with Gasteiger partial charge in [0.2, 0.25) is 0 Å². The van der Waals surface area contributed by atoms with Crippen LogP contribution in [0.3, 0.4) is 0 Å². The Balaban J connectivity index is 2.10. The summed E-state index contributed by atoms with van der Waals surface area (Å²) in [5.74, 6) is -0.671. The molecule has 98 valence electrons. The predicted octanol–water partition coefficient (Wildman–Crippen LogP) is 2.30. The van der Waals surface area contributed by atoms with Crippen LogP contribution in [0.1, 0.15) is 30.4 Å². The maximum Gasteiger partial charge on any atom is 0.314 e. The monoisotopic (exact) mass is 247 g/mol. The molecule has 1 fully saturated rings. The molecule has 0 heterocycles. The number of benzene rings is 1. The van der Waals surface area contributed by atoms with Crippen LogP contribution in [0, 0.1) is 0 Å². The van der Waals surface area contributed by atoms with E-state index in [4.69, 9.17) is 0 Å². The normalized spacial score (nSPS) is 17.5. The molecule has 0 radical (unpaired) electrons. The summed E-state index contributed by atoms with van der Waals surface area (Å²) < 4.78 is 0. The lowest BCUT2D eigenvalue weighted by atomic mass is 9.64. The Morgan fingerprint density at radius 3 is 2.28 bits per heavy atom. The largest absolute Gasteiger partial charge is 0.481 e. The van der Waals surface area contributed by atoms with Gasteiger partial charge < -0.3 is 10.0 Å².